The lowest BCUT2D eigenvalue weighted by Gasteiger charge is -2.19. The summed E-state index contributed by atoms with van der Waals surface area (Å²) >= 11 is 0. The Bertz CT molecular complexity index is 1070. The Kier molecular flexibility index (Phi) is 4.76. The number of anilines is 1. The quantitative estimate of drug-likeness (QED) is 0.665. The molecular weight excluding hydrogens is 374 g/mol. The van der Waals surface area contributed by atoms with Crippen LogP contribution < -0.4 is 5.32 Å². The predicted octanol–water partition coefficient (Wildman–Crippen LogP) is 4.82. The number of amides is 1. The Labute approximate surface area is 157 Å². The smallest absolute Gasteiger partial charge is 0.414 e. The monoisotopic (exact) mass is 390 g/mol. The Morgan fingerprint density at radius 2 is 1.86 bits per heavy atom. The average molecular weight is 390 g/mol. The number of halogens is 2. The largest absolute Gasteiger partial charge is 0.477 e. The molecule has 2 aromatic heterocycles. The molecule has 1 aromatic carbocycles. The molecule has 0 unspecified atom stereocenters. The minimum absolute atomic E-state index is 0.0533. The van der Waals surface area contributed by atoms with Crippen molar-refractivity contribution in [2.24, 2.45) is 0 Å². The summed E-state index contributed by atoms with van der Waals surface area (Å²) in [6.07, 6.45) is 0.206. The Morgan fingerprint density at radius 3 is 2.43 bits per heavy atom. The molecule has 28 heavy (non-hydrogen) atoms. The lowest BCUT2D eigenvalue weighted by molar-refractivity contribution is 0.0633. The number of carboxylic acid groups (broad SMARTS) is 1. The minimum atomic E-state index is -1.40. The third-order valence-electron chi connectivity index (χ3n) is 3.61. The first-order chi connectivity index (χ1) is 13.1. The van der Waals surface area contributed by atoms with Gasteiger partial charge in [-0.2, -0.15) is 0 Å². The van der Waals surface area contributed by atoms with Gasteiger partial charge in [0.05, 0.1) is 5.56 Å². The molecule has 0 aliphatic carbocycles. The number of nitrogens with zero attached hydrogens (tertiary/aromatic N) is 1. The maximum absolute atomic E-state index is 14.0. The van der Waals surface area contributed by atoms with Crippen LogP contribution in [0.4, 0.5) is 19.5 Å². The molecular formula is C19H16F2N2O5. The highest BCUT2D eigenvalue weighted by Gasteiger charge is 2.26. The van der Waals surface area contributed by atoms with Crippen LogP contribution in [0.15, 0.2) is 34.9 Å². The summed E-state index contributed by atoms with van der Waals surface area (Å²) in [5, 5.41) is 11.7. The summed E-state index contributed by atoms with van der Waals surface area (Å²) in [7, 11) is 0. The zero-order valence-corrected chi connectivity index (χ0v) is 15.2. The van der Waals surface area contributed by atoms with Gasteiger partial charge < -0.3 is 14.3 Å². The van der Waals surface area contributed by atoms with Crippen LogP contribution in [0.25, 0.3) is 22.2 Å². The standard InChI is InChI=1S/C19H16F2N2O5/c1-19(2,3)28-18(26)23-16-14(17(24)25)15-12(27-16)7-9(8-22-15)13-10(20)5-4-6-11(13)21/h4-8H,1-3H3,(H,23,26)(H,24,25). The van der Waals surface area contributed by atoms with Crippen molar-refractivity contribution >= 4 is 29.0 Å². The van der Waals surface area contributed by atoms with Gasteiger partial charge in [0.15, 0.2) is 5.58 Å². The van der Waals surface area contributed by atoms with Crippen LogP contribution in [0.2, 0.25) is 0 Å². The van der Waals surface area contributed by atoms with Gasteiger partial charge in [0, 0.05) is 11.8 Å². The van der Waals surface area contributed by atoms with Gasteiger partial charge in [-0.25, -0.2) is 18.4 Å². The van der Waals surface area contributed by atoms with Crippen LogP contribution in [-0.2, 0) is 4.74 Å². The van der Waals surface area contributed by atoms with E-state index in [1.165, 1.54) is 12.1 Å². The molecule has 2 heterocycles. The molecule has 7 nitrogen and oxygen atoms in total. The number of ether oxygens (including phenoxy) is 1. The summed E-state index contributed by atoms with van der Waals surface area (Å²) in [5.41, 5.74) is -1.64. The second-order valence-electron chi connectivity index (χ2n) is 6.91. The highest BCUT2D eigenvalue weighted by Crippen LogP contribution is 2.33. The van der Waals surface area contributed by atoms with Crippen LogP contribution in [-0.4, -0.2) is 27.8 Å². The van der Waals surface area contributed by atoms with Crippen molar-refractivity contribution in [3.8, 4) is 11.1 Å². The third kappa shape index (κ3) is 3.78. The van der Waals surface area contributed by atoms with Gasteiger partial charge in [-0.05, 0) is 39.0 Å². The number of carbonyl (C=O) groups is 2. The third-order valence-corrected chi connectivity index (χ3v) is 3.61. The molecule has 1 amide bonds. The first-order valence-corrected chi connectivity index (χ1v) is 8.17. The van der Waals surface area contributed by atoms with Gasteiger partial charge >= 0.3 is 12.1 Å². The van der Waals surface area contributed by atoms with Crippen LogP contribution in [0.1, 0.15) is 31.1 Å². The van der Waals surface area contributed by atoms with Crippen LogP contribution >= 0.6 is 0 Å². The lowest BCUT2D eigenvalue weighted by atomic mass is 10.1. The second-order valence-corrected chi connectivity index (χ2v) is 6.91. The SMILES string of the molecule is CC(C)(C)OC(=O)Nc1oc2cc(-c3c(F)cccc3F)cnc2c1C(=O)O. The fraction of sp³-hybridized carbons (Fsp3) is 0.211. The van der Waals surface area contributed by atoms with E-state index in [1.807, 2.05) is 0 Å². The first kappa shape index (κ1) is 19.3. The van der Waals surface area contributed by atoms with Crippen LogP contribution in [0.3, 0.4) is 0 Å². The molecule has 3 aromatic rings. The van der Waals surface area contributed by atoms with Crippen molar-refractivity contribution in [3.05, 3.63) is 47.7 Å². The van der Waals surface area contributed by atoms with Gasteiger partial charge in [0.25, 0.3) is 0 Å². The van der Waals surface area contributed by atoms with Gasteiger partial charge in [0.2, 0.25) is 5.88 Å². The van der Waals surface area contributed by atoms with E-state index in [4.69, 9.17) is 9.15 Å². The lowest BCUT2D eigenvalue weighted by Crippen LogP contribution is -2.27. The highest BCUT2D eigenvalue weighted by molar-refractivity contribution is 6.08. The zero-order chi connectivity index (χ0) is 20.6. The summed E-state index contributed by atoms with van der Waals surface area (Å²) in [6.45, 7) is 4.92. The van der Waals surface area contributed by atoms with Crippen molar-refractivity contribution in [2.75, 3.05) is 5.32 Å². The van der Waals surface area contributed by atoms with Gasteiger partial charge in [0.1, 0.15) is 28.3 Å². The molecule has 0 aliphatic heterocycles. The van der Waals surface area contributed by atoms with Crippen molar-refractivity contribution in [2.45, 2.75) is 26.4 Å². The molecule has 0 saturated heterocycles. The summed E-state index contributed by atoms with van der Waals surface area (Å²) in [6, 6.07) is 4.64. The van der Waals surface area contributed by atoms with Crippen LogP contribution in [0, 0.1) is 11.6 Å². The van der Waals surface area contributed by atoms with Crippen molar-refractivity contribution < 1.29 is 32.6 Å². The minimum Gasteiger partial charge on any atom is -0.477 e. The second kappa shape index (κ2) is 6.91. The number of carboxylic acids is 1. The van der Waals surface area contributed by atoms with Crippen molar-refractivity contribution in [1.29, 1.82) is 0 Å². The normalized spacial score (nSPS) is 11.5. The van der Waals surface area contributed by atoms with E-state index in [2.05, 4.69) is 10.3 Å². The number of fused-ring (bicyclic) bond motifs is 1. The fourth-order valence-electron chi connectivity index (χ4n) is 2.57. The first-order valence-electron chi connectivity index (χ1n) is 8.17. The van der Waals surface area contributed by atoms with Gasteiger partial charge in [-0.3, -0.25) is 10.3 Å². The molecule has 9 heteroatoms. The Morgan fingerprint density at radius 1 is 1.21 bits per heavy atom. The Hall–Kier alpha value is -3.49. The van der Waals surface area contributed by atoms with E-state index >= 15 is 0 Å². The number of aromatic carboxylic acids is 1. The maximum atomic E-state index is 14.0. The fourth-order valence-corrected chi connectivity index (χ4v) is 2.57. The van der Waals surface area contributed by atoms with Crippen molar-refractivity contribution in [3.63, 3.8) is 0 Å². The molecule has 2 N–H and O–H groups in total. The molecule has 0 bridgehead atoms. The number of aromatic nitrogens is 1. The number of rotatable bonds is 3. The molecule has 0 saturated carbocycles. The van der Waals surface area contributed by atoms with Gasteiger partial charge in [-0.15, -0.1) is 0 Å². The molecule has 0 fully saturated rings. The topological polar surface area (TPSA) is 102 Å². The van der Waals surface area contributed by atoms with E-state index in [-0.39, 0.29) is 22.2 Å². The number of hydrogen-bond acceptors (Lipinski definition) is 5. The highest BCUT2D eigenvalue weighted by atomic mass is 19.1. The predicted molar refractivity (Wildman–Crippen MR) is 96.2 cm³/mol. The maximum Gasteiger partial charge on any atom is 0.414 e. The molecule has 0 spiro atoms. The van der Waals surface area contributed by atoms with E-state index < -0.39 is 40.7 Å². The Balaban J connectivity index is 2.08. The summed E-state index contributed by atoms with van der Waals surface area (Å²) in [5.74, 6) is -3.41. The van der Waals surface area contributed by atoms with Crippen molar-refractivity contribution in [1.82, 2.24) is 4.98 Å². The number of hydrogen-bond donors (Lipinski definition) is 2. The zero-order valence-electron chi connectivity index (χ0n) is 15.2. The molecule has 0 radical (unpaired) electrons. The number of furan rings is 1. The molecule has 146 valence electrons. The van der Waals surface area contributed by atoms with Crippen LogP contribution in [0.5, 0.6) is 0 Å². The van der Waals surface area contributed by atoms with E-state index in [1.54, 1.807) is 20.8 Å². The molecule has 0 aliphatic rings. The van der Waals surface area contributed by atoms with E-state index in [0.717, 1.165) is 18.3 Å². The number of benzene rings is 1. The number of pyridine rings is 1. The molecule has 0 atom stereocenters. The summed E-state index contributed by atoms with van der Waals surface area (Å²) in [4.78, 5) is 27.5. The van der Waals surface area contributed by atoms with E-state index in [9.17, 15) is 23.5 Å². The number of carbonyl (C=O) groups excluding carboxylic acids is 1. The number of nitrogens with one attached hydrogen (secondary N) is 1. The van der Waals surface area contributed by atoms with E-state index in [0.29, 0.717) is 0 Å². The average Bonchev–Trinajstić information content (AvgIpc) is 2.89. The summed E-state index contributed by atoms with van der Waals surface area (Å²) < 4.78 is 38.5. The van der Waals surface area contributed by atoms with Gasteiger partial charge in [-0.1, -0.05) is 6.07 Å². The molecule has 3 rings (SSSR count).